The fourth-order valence-electron chi connectivity index (χ4n) is 4.01. The number of hydrogen-bond donors (Lipinski definition) is 2. The van der Waals surface area contributed by atoms with Gasteiger partial charge in [0, 0.05) is 24.8 Å². The van der Waals surface area contributed by atoms with Crippen molar-refractivity contribution in [3.05, 3.63) is 51.7 Å². The Bertz CT molecular complexity index is 1160. The van der Waals surface area contributed by atoms with Crippen LogP contribution in [-0.2, 0) is 17.4 Å². The van der Waals surface area contributed by atoms with E-state index in [1.165, 1.54) is 0 Å². The molecule has 13 heteroatoms. The lowest BCUT2D eigenvalue weighted by atomic mass is 10.0. The van der Waals surface area contributed by atoms with Crippen molar-refractivity contribution in [2.45, 2.75) is 31.2 Å². The SMILES string of the molecule is CN(C(=O)[C@@H]1CNC(=O)N1c1cc(C(F)(F)F)c2c(n1)CC[C@@H]2O)c1ccc(F)c(Cl)c1F. The summed E-state index contributed by atoms with van der Waals surface area (Å²) in [4.78, 5) is 31.2. The number of fused-ring (bicyclic) bond motifs is 1. The van der Waals surface area contributed by atoms with Gasteiger partial charge in [-0.15, -0.1) is 0 Å². The van der Waals surface area contributed by atoms with Gasteiger partial charge in [-0.05, 0) is 31.0 Å². The summed E-state index contributed by atoms with van der Waals surface area (Å²) in [5, 5.41) is 11.5. The predicted octanol–water partition coefficient (Wildman–Crippen LogP) is 3.57. The van der Waals surface area contributed by atoms with Crippen LogP contribution in [0.2, 0.25) is 5.02 Å². The Hall–Kier alpha value is -2.99. The van der Waals surface area contributed by atoms with Crippen LogP contribution in [0.4, 0.5) is 38.3 Å². The van der Waals surface area contributed by atoms with Crippen LogP contribution in [0.15, 0.2) is 18.2 Å². The molecule has 2 aromatic rings. The third-order valence-corrected chi connectivity index (χ3v) is 5.98. The van der Waals surface area contributed by atoms with Crippen molar-refractivity contribution in [1.82, 2.24) is 10.3 Å². The predicted molar refractivity (Wildman–Crippen MR) is 107 cm³/mol. The third kappa shape index (κ3) is 3.86. The van der Waals surface area contributed by atoms with Crippen LogP contribution in [0.5, 0.6) is 0 Å². The molecule has 2 N–H and O–H groups in total. The first-order chi connectivity index (χ1) is 15.4. The molecule has 33 heavy (non-hydrogen) atoms. The van der Waals surface area contributed by atoms with Gasteiger partial charge in [0.2, 0.25) is 0 Å². The quantitative estimate of drug-likeness (QED) is 0.509. The number of amides is 3. The molecule has 0 bridgehead atoms. The molecule has 7 nitrogen and oxygen atoms in total. The number of benzene rings is 1. The maximum absolute atomic E-state index is 14.4. The number of pyridine rings is 1. The van der Waals surface area contributed by atoms with Crippen LogP contribution in [0.1, 0.15) is 29.3 Å². The number of likely N-dealkylation sites (N-methyl/N-ethyl adjacent to an activating group) is 1. The highest BCUT2D eigenvalue weighted by molar-refractivity contribution is 6.31. The maximum Gasteiger partial charge on any atom is 0.416 e. The van der Waals surface area contributed by atoms with Crippen LogP contribution in [-0.4, -0.2) is 41.7 Å². The van der Waals surface area contributed by atoms with Crippen molar-refractivity contribution in [3.8, 4) is 0 Å². The normalized spacial score (nSPS) is 20.1. The molecular formula is C20H16ClF5N4O3. The van der Waals surface area contributed by atoms with Gasteiger partial charge in [-0.3, -0.25) is 9.69 Å². The molecule has 2 heterocycles. The van der Waals surface area contributed by atoms with Gasteiger partial charge in [-0.1, -0.05) is 11.6 Å². The van der Waals surface area contributed by atoms with E-state index in [0.29, 0.717) is 6.07 Å². The van der Waals surface area contributed by atoms with E-state index in [0.717, 1.165) is 29.0 Å². The van der Waals surface area contributed by atoms with Crippen LogP contribution >= 0.6 is 11.6 Å². The summed E-state index contributed by atoms with van der Waals surface area (Å²) in [5.41, 5.74) is -1.91. The summed E-state index contributed by atoms with van der Waals surface area (Å²) >= 11 is 5.56. The van der Waals surface area contributed by atoms with E-state index in [2.05, 4.69) is 10.3 Å². The fraction of sp³-hybridized carbons (Fsp3) is 0.350. The van der Waals surface area contributed by atoms with Crippen molar-refractivity contribution in [2.24, 2.45) is 0 Å². The number of carbonyl (C=O) groups is 2. The van der Waals surface area contributed by atoms with Gasteiger partial charge < -0.3 is 15.3 Å². The average molecular weight is 491 g/mol. The number of aromatic nitrogens is 1. The summed E-state index contributed by atoms with van der Waals surface area (Å²) in [5.74, 6) is -3.55. The van der Waals surface area contributed by atoms with Crippen molar-refractivity contribution < 1.29 is 36.6 Å². The third-order valence-electron chi connectivity index (χ3n) is 5.63. The Morgan fingerprint density at radius 1 is 1.33 bits per heavy atom. The number of rotatable bonds is 3. The molecular weight excluding hydrogens is 475 g/mol. The molecule has 2 aliphatic rings. The van der Waals surface area contributed by atoms with Crippen LogP contribution in [0.3, 0.4) is 0 Å². The first-order valence-corrected chi connectivity index (χ1v) is 10.1. The highest BCUT2D eigenvalue weighted by Gasteiger charge is 2.44. The van der Waals surface area contributed by atoms with E-state index in [1.54, 1.807) is 0 Å². The van der Waals surface area contributed by atoms with E-state index in [-0.39, 0.29) is 36.3 Å². The minimum absolute atomic E-state index is 0.0251. The van der Waals surface area contributed by atoms with Gasteiger partial charge in [0.15, 0.2) is 5.82 Å². The lowest BCUT2D eigenvalue weighted by Gasteiger charge is -2.27. The fourth-order valence-corrected chi connectivity index (χ4v) is 4.17. The van der Waals surface area contributed by atoms with Crippen LogP contribution < -0.4 is 15.1 Å². The van der Waals surface area contributed by atoms with E-state index in [9.17, 15) is 36.6 Å². The summed E-state index contributed by atoms with van der Waals surface area (Å²) in [6, 6.07) is 0.180. The number of alkyl halides is 3. The molecule has 1 aromatic heterocycles. The van der Waals surface area contributed by atoms with E-state index in [4.69, 9.17) is 11.6 Å². The first kappa shape index (κ1) is 23.2. The molecule has 0 saturated carbocycles. The summed E-state index contributed by atoms with van der Waals surface area (Å²) in [6.45, 7) is -0.290. The smallest absolute Gasteiger partial charge is 0.388 e. The topological polar surface area (TPSA) is 85.8 Å². The van der Waals surface area contributed by atoms with E-state index in [1.807, 2.05) is 0 Å². The summed E-state index contributed by atoms with van der Waals surface area (Å²) < 4.78 is 68.9. The first-order valence-electron chi connectivity index (χ1n) is 9.69. The van der Waals surface area contributed by atoms with Crippen molar-refractivity contribution >= 4 is 35.0 Å². The second-order valence-electron chi connectivity index (χ2n) is 7.60. The van der Waals surface area contributed by atoms with E-state index < -0.39 is 58.3 Å². The zero-order chi connectivity index (χ0) is 24.2. The Morgan fingerprint density at radius 3 is 2.70 bits per heavy atom. The van der Waals surface area contributed by atoms with Gasteiger partial charge in [0.05, 0.1) is 17.4 Å². The largest absolute Gasteiger partial charge is 0.416 e. The number of aliphatic hydroxyl groups excluding tert-OH is 1. The second kappa shape index (κ2) is 8.10. The molecule has 3 amide bonds. The molecule has 1 aliphatic carbocycles. The van der Waals surface area contributed by atoms with Gasteiger partial charge in [0.1, 0.15) is 22.7 Å². The minimum Gasteiger partial charge on any atom is -0.388 e. The summed E-state index contributed by atoms with van der Waals surface area (Å²) in [7, 11) is 1.16. The molecule has 1 aliphatic heterocycles. The standard InChI is InChI=1S/C20H16ClF5N4O3/c1-29(11-4-2-9(22)16(21)17(11)23)18(32)12-7-27-19(33)30(12)14-6-8(20(24,25)26)15-10(28-14)3-5-13(15)31/h2,4,6,12-13,31H,3,5,7H2,1H3,(H,27,33)/t12-,13-/m0/s1. The number of urea groups is 1. The highest BCUT2D eigenvalue weighted by Crippen LogP contribution is 2.43. The minimum atomic E-state index is -4.84. The summed E-state index contributed by atoms with van der Waals surface area (Å²) in [6.07, 6.45) is -6.09. The number of nitrogens with zero attached hydrogens (tertiary/aromatic N) is 3. The molecule has 0 spiro atoms. The Kier molecular flexibility index (Phi) is 5.69. The average Bonchev–Trinajstić information content (AvgIpc) is 3.32. The lowest BCUT2D eigenvalue weighted by molar-refractivity contribution is -0.139. The lowest BCUT2D eigenvalue weighted by Crippen LogP contribution is -2.47. The molecule has 176 valence electrons. The van der Waals surface area contributed by atoms with Crippen molar-refractivity contribution in [3.63, 3.8) is 0 Å². The molecule has 0 unspecified atom stereocenters. The zero-order valence-corrected chi connectivity index (χ0v) is 17.6. The molecule has 1 aromatic carbocycles. The zero-order valence-electron chi connectivity index (χ0n) is 16.9. The molecule has 2 atom stereocenters. The number of hydrogen-bond acceptors (Lipinski definition) is 4. The number of aryl methyl sites for hydroxylation is 1. The van der Waals surface area contributed by atoms with Gasteiger partial charge in [-0.2, -0.15) is 13.2 Å². The highest BCUT2D eigenvalue weighted by atomic mass is 35.5. The number of nitrogens with one attached hydrogen (secondary N) is 1. The number of aliphatic hydroxyl groups is 1. The Morgan fingerprint density at radius 2 is 2.03 bits per heavy atom. The van der Waals surface area contributed by atoms with E-state index >= 15 is 0 Å². The number of carbonyl (C=O) groups excluding carboxylic acids is 2. The van der Waals surface area contributed by atoms with Gasteiger partial charge in [0.25, 0.3) is 5.91 Å². The molecule has 4 rings (SSSR count). The van der Waals surface area contributed by atoms with Gasteiger partial charge >= 0.3 is 12.2 Å². The second-order valence-corrected chi connectivity index (χ2v) is 7.98. The molecule has 1 saturated heterocycles. The molecule has 1 fully saturated rings. The van der Waals surface area contributed by atoms with Crippen LogP contribution in [0.25, 0.3) is 0 Å². The van der Waals surface area contributed by atoms with Crippen molar-refractivity contribution in [1.29, 1.82) is 0 Å². The Balaban J connectivity index is 1.74. The van der Waals surface area contributed by atoms with Crippen LogP contribution in [0, 0.1) is 11.6 Å². The monoisotopic (exact) mass is 490 g/mol. The molecule has 0 radical (unpaired) electrons. The number of anilines is 2. The van der Waals surface area contributed by atoms with Gasteiger partial charge in [-0.25, -0.2) is 18.6 Å². The maximum atomic E-state index is 14.4. The Labute approximate surface area is 188 Å². The van der Waals surface area contributed by atoms with Crippen molar-refractivity contribution in [2.75, 3.05) is 23.4 Å². The number of halogens is 6.